The summed E-state index contributed by atoms with van der Waals surface area (Å²) in [5.41, 5.74) is 2.19. The topological polar surface area (TPSA) is 46.5 Å². The molecule has 0 aliphatic carbocycles. The maximum Gasteiger partial charge on any atom is 0.347 e. The fraction of sp³-hybridized carbons (Fsp3) is 0.711. The number of phenolic OH excluding ortho intramolecular Hbond substituents is 1. The highest BCUT2D eigenvalue weighted by molar-refractivity contribution is 5.94. The highest BCUT2D eigenvalue weighted by Crippen LogP contribution is 2.28. The lowest BCUT2D eigenvalue weighted by Gasteiger charge is -2.12. The summed E-state index contributed by atoms with van der Waals surface area (Å²) in [7, 11) is 0. The molecule has 0 amide bonds. The van der Waals surface area contributed by atoms with Crippen molar-refractivity contribution >= 4 is 5.97 Å². The third-order valence-electron chi connectivity index (χ3n) is 10.1. The van der Waals surface area contributed by atoms with E-state index in [1.807, 2.05) is 30.3 Å². The molecule has 0 fully saturated rings. The van der Waals surface area contributed by atoms with Crippen LogP contribution in [0, 0.1) is 0 Å². The van der Waals surface area contributed by atoms with E-state index in [-0.39, 0.29) is 11.3 Å². The summed E-state index contributed by atoms with van der Waals surface area (Å²) >= 11 is 0. The second kappa shape index (κ2) is 29.6. The van der Waals surface area contributed by atoms with Crippen LogP contribution in [0.4, 0.5) is 0 Å². The van der Waals surface area contributed by atoms with Crippen LogP contribution in [0.1, 0.15) is 215 Å². The molecule has 0 saturated carbocycles. The predicted octanol–water partition coefficient (Wildman–Crippen LogP) is 14.7. The molecule has 1 N–H and O–H groups in total. The van der Waals surface area contributed by atoms with Crippen LogP contribution in [0.5, 0.6) is 11.5 Å². The first kappa shape index (κ1) is 41.9. The second-order valence-electron chi connectivity index (χ2n) is 14.5. The molecule has 2 aromatic carbocycles. The van der Waals surface area contributed by atoms with E-state index in [1.165, 1.54) is 161 Å². The number of unbranched alkanes of at least 4 members (excludes halogenated alkanes) is 26. The van der Waals surface area contributed by atoms with Gasteiger partial charge in [0, 0.05) is 0 Å². The number of phenols is 1. The Morgan fingerprint density at radius 3 is 1.25 bits per heavy atom. The van der Waals surface area contributed by atoms with E-state index in [2.05, 4.69) is 19.9 Å². The number of benzene rings is 2. The summed E-state index contributed by atoms with van der Waals surface area (Å²) in [5.74, 6) is 0.235. The Bertz CT molecular complexity index is 1040. The summed E-state index contributed by atoms with van der Waals surface area (Å²) in [4.78, 5) is 13.2. The monoisotopic (exact) mass is 663 g/mol. The molecular weight excluding hydrogens is 588 g/mol. The fourth-order valence-electron chi connectivity index (χ4n) is 6.94. The summed E-state index contributed by atoms with van der Waals surface area (Å²) in [6, 6.07) is 13.4. The van der Waals surface area contributed by atoms with Crippen molar-refractivity contribution in [1.82, 2.24) is 0 Å². The first-order valence-corrected chi connectivity index (χ1v) is 20.8. The molecule has 0 aliphatic heterocycles. The molecule has 2 rings (SSSR count). The Morgan fingerprint density at radius 1 is 0.458 bits per heavy atom. The van der Waals surface area contributed by atoms with Gasteiger partial charge in [0.25, 0.3) is 0 Å². The van der Waals surface area contributed by atoms with Crippen LogP contribution in [0.3, 0.4) is 0 Å². The van der Waals surface area contributed by atoms with Crippen molar-refractivity contribution in [1.29, 1.82) is 0 Å². The van der Waals surface area contributed by atoms with Crippen LogP contribution in [0.25, 0.3) is 0 Å². The van der Waals surface area contributed by atoms with Crippen molar-refractivity contribution in [3.63, 3.8) is 0 Å². The number of aromatic hydroxyl groups is 1. The van der Waals surface area contributed by atoms with Gasteiger partial charge in [-0.2, -0.15) is 0 Å². The number of rotatable bonds is 32. The van der Waals surface area contributed by atoms with Crippen LogP contribution in [0.2, 0.25) is 0 Å². The van der Waals surface area contributed by atoms with E-state index in [0.717, 1.165) is 43.2 Å². The number of hydrogen-bond donors (Lipinski definition) is 1. The van der Waals surface area contributed by atoms with E-state index in [1.54, 1.807) is 6.07 Å². The van der Waals surface area contributed by atoms with E-state index < -0.39 is 5.97 Å². The van der Waals surface area contributed by atoms with Crippen LogP contribution in [-0.2, 0) is 12.8 Å². The first-order valence-electron chi connectivity index (χ1n) is 20.8. The van der Waals surface area contributed by atoms with Gasteiger partial charge in [0.1, 0.15) is 17.1 Å². The van der Waals surface area contributed by atoms with Gasteiger partial charge in [-0.05, 0) is 48.9 Å². The van der Waals surface area contributed by atoms with Crippen molar-refractivity contribution in [3.05, 3.63) is 59.2 Å². The molecular formula is C45H74O3. The van der Waals surface area contributed by atoms with Gasteiger partial charge >= 0.3 is 5.97 Å². The van der Waals surface area contributed by atoms with Gasteiger partial charge in [-0.25, -0.2) is 4.79 Å². The number of carbonyl (C=O) groups is 1. The molecule has 272 valence electrons. The van der Waals surface area contributed by atoms with Gasteiger partial charge in [0.05, 0.1) is 0 Å². The summed E-state index contributed by atoms with van der Waals surface area (Å²) < 4.78 is 5.86. The van der Waals surface area contributed by atoms with Gasteiger partial charge in [-0.1, -0.05) is 211 Å². The lowest BCUT2D eigenvalue weighted by atomic mass is 10.0. The SMILES string of the molecule is CCCCCCCCCCCCCCCCc1ccccc1OC(=O)c1cccc(CCCCCCCCCCCCCCCC)c1O. The Hall–Kier alpha value is -2.29. The minimum Gasteiger partial charge on any atom is -0.507 e. The zero-order valence-electron chi connectivity index (χ0n) is 31.5. The summed E-state index contributed by atoms with van der Waals surface area (Å²) in [6.07, 6.45) is 39.2. The van der Waals surface area contributed by atoms with E-state index >= 15 is 0 Å². The number of para-hydroxylation sites is 2. The summed E-state index contributed by atoms with van der Waals surface area (Å²) in [5, 5.41) is 11.0. The third kappa shape index (κ3) is 20.3. The zero-order valence-corrected chi connectivity index (χ0v) is 31.5. The van der Waals surface area contributed by atoms with E-state index in [4.69, 9.17) is 4.74 Å². The molecule has 0 unspecified atom stereocenters. The minimum atomic E-state index is -0.469. The van der Waals surface area contributed by atoms with Crippen molar-refractivity contribution in [2.24, 2.45) is 0 Å². The van der Waals surface area contributed by atoms with Gasteiger partial charge in [-0.15, -0.1) is 0 Å². The molecule has 0 aliphatic rings. The van der Waals surface area contributed by atoms with Crippen molar-refractivity contribution in [2.45, 2.75) is 206 Å². The number of hydrogen-bond acceptors (Lipinski definition) is 3. The molecule has 0 radical (unpaired) electrons. The normalized spacial score (nSPS) is 11.3. The smallest absolute Gasteiger partial charge is 0.347 e. The van der Waals surface area contributed by atoms with Crippen LogP contribution >= 0.6 is 0 Å². The molecule has 0 bridgehead atoms. The highest BCUT2D eigenvalue weighted by Gasteiger charge is 2.17. The number of ether oxygens (including phenoxy) is 1. The predicted molar refractivity (Wildman–Crippen MR) is 208 cm³/mol. The third-order valence-corrected chi connectivity index (χ3v) is 10.1. The largest absolute Gasteiger partial charge is 0.507 e. The Balaban J connectivity index is 1.59. The molecule has 0 spiro atoms. The Labute approximate surface area is 297 Å². The highest BCUT2D eigenvalue weighted by atomic mass is 16.5. The lowest BCUT2D eigenvalue weighted by molar-refractivity contribution is 0.0729. The Kier molecular flexibility index (Phi) is 25.8. The van der Waals surface area contributed by atoms with Crippen molar-refractivity contribution in [3.8, 4) is 11.5 Å². The Morgan fingerprint density at radius 2 is 0.812 bits per heavy atom. The minimum absolute atomic E-state index is 0.0849. The zero-order chi connectivity index (χ0) is 34.3. The van der Waals surface area contributed by atoms with Crippen LogP contribution in [-0.4, -0.2) is 11.1 Å². The molecule has 0 atom stereocenters. The number of aryl methyl sites for hydroxylation is 2. The number of esters is 1. The first-order chi connectivity index (χ1) is 23.7. The second-order valence-corrected chi connectivity index (χ2v) is 14.5. The van der Waals surface area contributed by atoms with Gasteiger partial charge in [0.2, 0.25) is 0 Å². The molecule has 3 nitrogen and oxygen atoms in total. The lowest BCUT2D eigenvalue weighted by Crippen LogP contribution is -2.11. The van der Waals surface area contributed by atoms with Gasteiger partial charge in [0.15, 0.2) is 0 Å². The fourth-order valence-corrected chi connectivity index (χ4v) is 6.94. The average Bonchev–Trinajstić information content (AvgIpc) is 3.09. The van der Waals surface area contributed by atoms with Gasteiger partial charge < -0.3 is 9.84 Å². The van der Waals surface area contributed by atoms with Crippen LogP contribution in [0.15, 0.2) is 42.5 Å². The van der Waals surface area contributed by atoms with Crippen molar-refractivity contribution < 1.29 is 14.6 Å². The maximum absolute atomic E-state index is 13.2. The standard InChI is InChI=1S/C45H74O3/c1-3-5-7-9-11-13-15-17-19-21-23-25-27-29-34-40-35-31-32-39-43(40)48-45(47)42-38-33-37-41(44(42)46)36-30-28-26-24-22-20-18-16-14-12-10-8-6-4-2/h31-33,35,37-39,46H,3-30,34,36H2,1-2H3. The van der Waals surface area contributed by atoms with E-state index in [0.29, 0.717) is 5.75 Å². The summed E-state index contributed by atoms with van der Waals surface area (Å²) in [6.45, 7) is 4.56. The van der Waals surface area contributed by atoms with Crippen LogP contribution < -0.4 is 4.74 Å². The molecule has 48 heavy (non-hydrogen) atoms. The molecule has 3 heteroatoms. The quantitative estimate of drug-likeness (QED) is 0.0482. The number of carbonyl (C=O) groups excluding carboxylic acids is 1. The molecule has 0 saturated heterocycles. The van der Waals surface area contributed by atoms with Crippen molar-refractivity contribution in [2.75, 3.05) is 0 Å². The van der Waals surface area contributed by atoms with Gasteiger partial charge in [-0.3, -0.25) is 0 Å². The average molecular weight is 663 g/mol. The molecule has 0 heterocycles. The maximum atomic E-state index is 13.2. The molecule has 2 aromatic rings. The van der Waals surface area contributed by atoms with E-state index in [9.17, 15) is 9.90 Å². The molecule has 0 aromatic heterocycles.